The Morgan fingerprint density at radius 2 is 1.80 bits per heavy atom. The van der Waals surface area contributed by atoms with Crippen molar-refractivity contribution >= 4 is 29.4 Å². The fourth-order valence-corrected chi connectivity index (χ4v) is 4.09. The first-order chi connectivity index (χ1) is 14.7. The molecule has 8 nitrogen and oxygen atoms in total. The van der Waals surface area contributed by atoms with E-state index in [1.54, 1.807) is 59.4 Å². The number of benzene rings is 2. The number of anilines is 1. The molecule has 2 heterocycles. The van der Waals surface area contributed by atoms with Crippen LogP contribution in [0.4, 0.5) is 10.5 Å². The van der Waals surface area contributed by atoms with Gasteiger partial charge in [0.2, 0.25) is 5.16 Å². The lowest BCUT2D eigenvalue weighted by Gasteiger charge is -2.30. The zero-order valence-corrected chi connectivity index (χ0v) is 17.0. The number of likely N-dealkylation sites (tertiary alicyclic amines) is 1. The Bertz CT molecular complexity index is 972. The van der Waals surface area contributed by atoms with Gasteiger partial charge in [-0.15, -0.1) is 5.10 Å². The molecule has 0 aliphatic carbocycles. The molecule has 154 valence electrons. The van der Waals surface area contributed by atoms with E-state index in [2.05, 4.69) is 20.5 Å². The number of carbonyl (C=O) groups is 2. The second kappa shape index (κ2) is 9.45. The van der Waals surface area contributed by atoms with Gasteiger partial charge in [-0.2, -0.15) is 0 Å². The van der Waals surface area contributed by atoms with Gasteiger partial charge >= 0.3 is 6.09 Å². The van der Waals surface area contributed by atoms with Gasteiger partial charge in [0.25, 0.3) is 5.91 Å². The molecule has 4 rings (SSSR count). The summed E-state index contributed by atoms with van der Waals surface area (Å²) in [5.74, 6) is 0.251. The molecule has 1 aromatic heterocycles. The number of thioether (sulfide) groups is 1. The minimum absolute atomic E-state index is 0.189. The van der Waals surface area contributed by atoms with E-state index in [1.165, 1.54) is 0 Å². The summed E-state index contributed by atoms with van der Waals surface area (Å²) < 4.78 is 5.48. The van der Waals surface area contributed by atoms with Gasteiger partial charge in [-0.25, -0.2) is 9.78 Å². The number of rotatable bonds is 5. The number of hydrogen-bond donors (Lipinski definition) is 2. The average molecular weight is 423 g/mol. The SMILES string of the molecule is O=C(Nc1ccc(OC(=O)N2CCC(Sc3nc[nH]n3)CC2)cc1)c1ccccc1. The van der Waals surface area contributed by atoms with Crippen molar-refractivity contribution in [3.05, 3.63) is 66.5 Å². The van der Waals surface area contributed by atoms with E-state index in [4.69, 9.17) is 4.74 Å². The van der Waals surface area contributed by atoms with Crippen molar-refractivity contribution in [1.29, 1.82) is 0 Å². The van der Waals surface area contributed by atoms with Crippen molar-refractivity contribution in [3.8, 4) is 5.75 Å². The molecule has 1 aliphatic heterocycles. The molecule has 0 spiro atoms. The van der Waals surface area contributed by atoms with E-state index < -0.39 is 0 Å². The lowest BCUT2D eigenvalue weighted by Crippen LogP contribution is -2.40. The molecule has 1 fully saturated rings. The lowest BCUT2D eigenvalue weighted by atomic mass is 10.1. The Morgan fingerprint density at radius 3 is 2.47 bits per heavy atom. The van der Waals surface area contributed by atoms with Crippen molar-refractivity contribution < 1.29 is 14.3 Å². The second-order valence-electron chi connectivity index (χ2n) is 6.80. The molecule has 0 bridgehead atoms. The maximum absolute atomic E-state index is 12.4. The van der Waals surface area contributed by atoms with Gasteiger partial charge in [0.05, 0.1) is 0 Å². The molecule has 0 unspecified atom stereocenters. The Morgan fingerprint density at radius 1 is 1.07 bits per heavy atom. The number of carbonyl (C=O) groups excluding carboxylic acids is 2. The topological polar surface area (TPSA) is 100 Å². The van der Waals surface area contributed by atoms with Gasteiger partial charge in [-0.1, -0.05) is 30.0 Å². The van der Waals surface area contributed by atoms with Crippen LogP contribution in [0.15, 0.2) is 66.1 Å². The lowest BCUT2D eigenvalue weighted by molar-refractivity contribution is 0.102. The number of nitrogens with zero attached hydrogens (tertiary/aromatic N) is 3. The van der Waals surface area contributed by atoms with Crippen molar-refractivity contribution in [2.45, 2.75) is 23.2 Å². The number of amides is 2. The molecular formula is C21H21N5O3S. The summed E-state index contributed by atoms with van der Waals surface area (Å²) in [7, 11) is 0. The van der Waals surface area contributed by atoms with Crippen LogP contribution in [0.1, 0.15) is 23.2 Å². The van der Waals surface area contributed by atoms with E-state index in [1.807, 2.05) is 18.2 Å². The predicted molar refractivity (Wildman–Crippen MR) is 114 cm³/mol. The van der Waals surface area contributed by atoms with Crippen molar-refractivity contribution in [2.24, 2.45) is 0 Å². The predicted octanol–water partition coefficient (Wildman–Crippen LogP) is 3.81. The normalized spacial score (nSPS) is 14.3. The molecule has 9 heteroatoms. The first-order valence-corrected chi connectivity index (χ1v) is 10.5. The summed E-state index contributed by atoms with van der Waals surface area (Å²) >= 11 is 1.63. The zero-order chi connectivity index (χ0) is 20.8. The van der Waals surface area contributed by atoms with Gasteiger partial charge in [0.1, 0.15) is 12.1 Å². The Hall–Kier alpha value is -3.33. The van der Waals surface area contributed by atoms with E-state index in [0.717, 1.165) is 18.0 Å². The third-order valence-electron chi connectivity index (χ3n) is 4.72. The Balaban J connectivity index is 1.25. The van der Waals surface area contributed by atoms with Crippen molar-refractivity contribution in [1.82, 2.24) is 20.1 Å². The van der Waals surface area contributed by atoms with Gasteiger partial charge in [0, 0.05) is 29.6 Å². The average Bonchev–Trinajstić information content (AvgIpc) is 3.29. The number of aromatic nitrogens is 3. The quantitative estimate of drug-likeness (QED) is 0.647. The summed E-state index contributed by atoms with van der Waals surface area (Å²) in [5, 5.41) is 10.7. The van der Waals surface area contributed by atoms with Gasteiger partial charge < -0.3 is 15.0 Å². The fraction of sp³-hybridized carbons (Fsp3) is 0.238. The third-order valence-corrected chi connectivity index (χ3v) is 5.93. The van der Waals surface area contributed by atoms with Crippen LogP contribution in [0.3, 0.4) is 0 Å². The maximum Gasteiger partial charge on any atom is 0.415 e. The highest BCUT2D eigenvalue weighted by atomic mass is 32.2. The Kier molecular flexibility index (Phi) is 6.29. The summed E-state index contributed by atoms with van der Waals surface area (Å²) in [5.41, 5.74) is 1.21. The van der Waals surface area contributed by atoms with Crippen LogP contribution >= 0.6 is 11.8 Å². The highest BCUT2D eigenvalue weighted by Crippen LogP contribution is 2.28. The number of H-pyrrole nitrogens is 1. The van der Waals surface area contributed by atoms with Crippen LogP contribution in [-0.4, -0.2) is 50.4 Å². The van der Waals surface area contributed by atoms with Crippen LogP contribution < -0.4 is 10.1 Å². The molecular weight excluding hydrogens is 402 g/mol. The molecule has 2 amide bonds. The van der Waals surface area contributed by atoms with Crippen LogP contribution in [-0.2, 0) is 0 Å². The number of nitrogens with one attached hydrogen (secondary N) is 2. The number of aromatic amines is 1. The molecule has 2 N–H and O–H groups in total. The van der Waals surface area contributed by atoms with Crippen molar-refractivity contribution in [3.63, 3.8) is 0 Å². The first-order valence-electron chi connectivity index (χ1n) is 9.63. The van der Waals surface area contributed by atoms with Crippen LogP contribution in [0.5, 0.6) is 5.75 Å². The van der Waals surface area contributed by atoms with Gasteiger partial charge in [-0.05, 0) is 49.2 Å². The molecule has 0 saturated carbocycles. The van der Waals surface area contributed by atoms with Gasteiger partial charge in [-0.3, -0.25) is 9.89 Å². The second-order valence-corrected chi connectivity index (χ2v) is 8.07. The number of piperidine rings is 1. The van der Waals surface area contributed by atoms with Crippen LogP contribution in [0, 0.1) is 0 Å². The molecule has 30 heavy (non-hydrogen) atoms. The first kappa shape index (κ1) is 20.0. The van der Waals surface area contributed by atoms with Gasteiger partial charge in [0.15, 0.2) is 0 Å². The van der Waals surface area contributed by atoms with E-state index in [0.29, 0.717) is 35.3 Å². The smallest absolute Gasteiger partial charge is 0.410 e. The molecule has 0 radical (unpaired) electrons. The van der Waals surface area contributed by atoms with Crippen LogP contribution in [0.2, 0.25) is 0 Å². The fourth-order valence-electron chi connectivity index (χ4n) is 3.12. The number of hydrogen-bond acceptors (Lipinski definition) is 6. The van der Waals surface area contributed by atoms with E-state index >= 15 is 0 Å². The summed E-state index contributed by atoms with van der Waals surface area (Å²) in [6.45, 7) is 1.26. The van der Waals surface area contributed by atoms with E-state index in [9.17, 15) is 9.59 Å². The van der Waals surface area contributed by atoms with E-state index in [-0.39, 0.29) is 12.0 Å². The van der Waals surface area contributed by atoms with Crippen LogP contribution in [0.25, 0.3) is 0 Å². The Labute approximate surface area is 178 Å². The standard InChI is InChI=1S/C21H21N5O3S/c27-19(15-4-2-1-3-5-15)24-16-6-8-17(9-7-16)29-21(28)26-12-10-18(11-13-26)30-20-22-14-23-25-20/h1-9,14,18H,10-13H2,(H,24,27)(H,22,23,25). The molecule has 1 saturated heterocycles. The minimum atomic E-state index is -0.364. The highest BCUT2D eigenvalue weighted by Gasteiger charge is 2.25. The zero-order valence-electron chi connectivity index (χ0n) is 16.2. The summed E-state index contributed by atoms with van der Waals surface area (Å²) in [4.78, 5) is 30.5. The molecule has 3 aromatic rings. The molecule has 1 aliphatic rings. The highest BCUT2D eigenvalue weighted by molar-refractivity contribution is 7.99. The maximum atomic E-state index is 12.4. The molecule has 0 atom stereocenters. The summed E-state index contributed by atoms with van der Waals surface area (Å²) in [6.07, 6.45) is 2.92. The van der Waals surface area contributed by atoms with Crippen molar-refractivity contribution in [2.75, 3.05) is 18.4 Å². The minimum Gasteiger partial charge on any atom is -0.410 e. The number of ether oxygens (including phenoxy) is 1. The molecule has 2 aromatic carbocycles. The largest absolute Gasteiger partial charge is 0.415 e. The third kappa shape index (κ3) is 5.18. The summed E-state index contributed by atoms with van der Waals surface area (Å²) in [6, 6.07) is 15.7. The monoisotopic (exact) mass is 423 g/mol.